The third kappa shape index (κ3) is 5.59. The van der Waals surface area contributed by atoms with Crippen molar-refractivity contribution < 1.29 is 14.6 Å². The highest BCUT2D eigenvalue weighted by atomic mass is 35.5. The van der Waals surface area contributed by atoms with E-state index in [1.165, 1.54) is 0 Å². The first kappa shape index (κ1) is 16.0. The lowest BCUT2D eigenvalue weighted by Crippen LogP contribution is -2.34. The molecular formula is C14H20ClNO3. The van der Waals surface area contributed by atoms with E-state index in [4.69, 9.17) is 21.4 Å². The number of hydrogen-bond donors (Lipinski definition) is 1. The minimum Gasteiger partial charge on any atom is -0.481 e. The van der Waals surface area contributed by atoms with Crippen LogP contribution in [0.3, 0.4) is 0 Å². The number of aliphatic carboxylic acids is 1. The minimum atomic E-state index is -0.790. The lowest BCUT2D eigenvalue weighted by molar-refractivity contribution is -0.141. The topological polar surface area (TPSA) is 49.8 Å². The van der Waals surface area contributed by atoms with Crippen LogP contribution in [0.15, 0.2) is 24.3 Å². The van der Waals surface area contributed by atoms with Crippen molar-refractivity contribution in [1.29, 1.82) is 0 Å². The minimum absolute atomic E-state index is 0.417. The average molecular weight is 286 g/mol. The Kier molecular flexibility index (Phi) is 6.84. The molecule has 1 atom stereocenters. The third-order valence-electron chi connectivity index (χ3n) is 2.92. The predicted octanol–water partition coefficient (Wildman–Crippen LogP) is 2.51. The number of rotatable bonds is 8. The zero-order chi connectivity index (χ0) is 14.3. The Morgan fingerprint density at radius 1 is 1.47 bits per heavy atom. The van der Waals surface area contributed by atoms with Gasteiger partial charge < -0.3 is 9.84 Å². The summed E-state index contributed by atoms with van der Waals surface area (Å²) in [6.07, 6.45) is 0. The Morgan fingerprint density at radius 3 is 2.74 bits per heavy atom. The summed E-state index contributed by atoms with van der Waals surface area (Å²) in [5, 5.41) is 9.69. The second-order valence-corrected chi connectivity index (χ2v) is 4.97. The standard InChI is InChI=1S/C14H20ClNO3/c1-11(14(17)18)9-16(7-8-19-2)10-12-5-3-4-6-13(12)15/h3-6,11H,7-10H2,1-2H3,(H,17,18). The maximum Gasteiger partial charge on any atom is 0.307 e. The smallest absolute Gasteiger partial charge is 0.307 e. The molecule has 1 N–H and O–H groups in total. The van der Waals surface area contributed by atoms with Gasteiger partial charge in [-0.25, -0.2) is 0 Å². The number of hydrogen-bond acceptors (Lipinski definition) is 3. The van der Waals surface area contributed by atoms with Gasteiger partial charge in [-0.1, -0.05) is 36.7 Å². The van der Waals surface area contributed by atoms with Crippen LogP contribution < -0.4 is 0 Å². The first-order valence-corrected chi connectivity index (χ1v) is 6.60. The first-order valence-electron chi connectivity index (χ1n) is 6.22. The van der Waals surface area contributed by atoms with E-state index in [-0.39, 0.29) is 0 Å². The van der Waals surface area contributed by atoms with Gasteiger partial charge in [0.25, 0.3) is 0 Å². The van der Waals surface area contributed by atoms with E-state index in [2.05, 4.69) is 0 Å². The summed E-state index contributed by atoms with van der Waals surface area (Å²) >= 11 is 6.13. The van der Waals surface area contributed by atoms with Crippen molar-refractivity contribution in [3.05, 3.63) is 34.9 Å². The Labute approximate surface area is 118 Å². The molecule has 0 spiro atoms. The molecule has 0 aliphatic carbocycles. The molecule has 1 aromatic carbocycles. The molecule has 0 amide bonds. The third-order valence-corrected chi connectivity index (χ3v) is 3.29. The quantitative estimate of drug-likeness (QED) is 0.797. The molecule has 1 rings (SSSR count). The Bertz CT molecular complexity index is 411. The number of ether oxygens (including phenoxy) is 1. The van der Waals surface area contributed by atoms with Gasteiger partial charge in [0.15, 0.2) is 0 Å². The number of carboxylic acids is 1. The maximum atomic E-state index is 10.9. The van der Waals surface area contributed by atoms with Crippen LogP contribution in [-0.4, -0.2) is 42.8 Å². The van der Waals surface area contributed by atoms with Gasteiger partial charge in [-0.15, -0.1) is 0 Å². The lowest BCUT2D eigenvalue weighted by atomic mass is 10.1. The molecule has 106 valence electrons. The largest absolute Gasteiger partial charge is 0.481 e. The summed E-state index contributed by atoms with van der Waals surface area (Å²) < 4.78 is 5.06. The molecule has 0 saturated carbocycles. The van der Waals surface area contributed by atoms with Gasteiger partial charge in [0, 0.05) is 31.8 Å². The number of benzene rings is 1. The molecule has 1 aromatic rings. The molecule has 5 heteroatoms. The second kappa shape index (κ2) is 8.15. The van der Waals surface area contributed by atoms with E-state index in [1.54, 1.807) is 14.0 Å². The van der Waals surface area contributed by atoms with Crippen LogP contribution in [0.25, 0.3) is 0 Å². The highest BCUT2D eigenvalue weighted by Crippen LogP contribution is 2.17. The fourth-order valence-corrected chi connectivity index (χ4v) is 1.98. The van der Waals surface area contributed by atoms with Crippen LogP contribution in [0.1, 0.15) is 12.5 Å². The molecule has 19 heavy (non-hydrogen) atoms. The van der Waals surface area contributed by atoms with Crippen LogP contribution in [-0.2, 0) is 16.1 Å². The van der Waals surface area contributed by atoms with Crippen molar-refractivity contribution in [2.24, 2.45) is 5.92 Å². The molecule has 0 fully saturated rings. The summed E-state index contributed by atoms with van der Waals surface area (Å²) in [7, 11) is 1.63. The van der Waals surface area contributed by atoms with Gasteiger partial charge in [0.1, 0.15) is 0 Å². The zero-order valence-corrected chi connectivity index (χ0v) is 12.1. The molecule has 0 bridgehead atoms. The van der Waals surface area contributed by atoms with Crippen LogP contribution in [0.4, 0.5) is 0 Å². The van der Waals surface area contributed by atoms with E-state index in [9.17, 15) is 4.79 Å². The molecule has 0 aromatic heterocycles. The van der Waals surface area contributed by atoms with Gasteiger partial charge in [-0.3, -0.25) is 9.69 Å². The van der Waals surface area contributed by atoms with Crippen LogP contribution >= 0.6 is 11.6 Å². The molecule has 0 aliphatic heterocycles. The van der Waals surface area contributed by atoms with Gasteiger partial charge in [-0.2, -0.15) is 0 Å². The number of carbonyl (C=O) groups is 1. The highest BCUT2D eigenvalue weighted by Gasteiger charge is 2.17. The molecule has 4 nitrogen and oxygen atoms in total. The average Bonchev–Trinajstić information content (AvgIpc) is 2.38. The van der Waals surface area contributed by atoms with E-state index < -0.39 is 11.9 Å². The van der Waals surface area contributed by atoms with Crippen LogP contribution in [0, 0.1) is 5.92 Å². The van der Waals surface area contributed by atoms with Gasteiger partial charge >= 0.3 is 5.97 Å². The number of nitrogens with zero attached hydrogens (tertiary/aromatic N) is 1. The monoisotopic (exact) mass is 285 g/mol. The zero-order valence-electron chi connectivity index (χ0n) is 11.3. The molecule has 0 saturated heterocycles. The molecule has 0 aliphatic rings. The Hall–Kier alpha value is -1.10. The molecule has 0 heterocycles. The molecule has 1 unspecified atom stereocenters. The number of methoxy groups -OCH3 is 1. The molecule has 0 radical (unpaired) electrons. The number of carboxylic acid groups (broad SMARTS) is 1. The maximum absolute atomic E-state index is 10.9. The van der Waals surface area contributed by atoms with Gasteiger partial charge in [0.05, 0.1) is 12.5 Å². The number of halogens is 1. The summed E-state index contributed by atoms with van der Waals surface area (Å²) in [5.41, 5.74) is 0.998. The Balaban J connectivity index is 2.68. The summed E-state index contributed by atoms with van der Waals surface area (Å²) in [4.78, 5) is 13.0. The van der Waals surface area contributed by atoms with E-state index in [1.807, 2.05) is 29.2 Å². The van der Waals surface area contributed by atoms with Gasteiger partial charge in [-0.05, 0) is 11.6 Å². The van der Waals surface area contributed by atoms with Crippen molar-refractivity contribution in [2.75, 3.05) is 26.8 Å². The highest BCUT2D eigenvalue weighted by molar-refractivity contribution is 6.31. The normalized spacial score (nSPS) is 12.6. The van der Waals surface area contributed by atoms with Crippen molar-refractivity contribution in [1.82, 2.24) is 4.90 Å². The van der Waals surface area contributed by atoms with Crippen LogP contribution in [0.5, 0.6) is 0 Å². The predicted molar refractivity (Wildman–Crippen MR) is 75.4 cm³/mol. The van der Waals surface area contributed by atoms with Gasteiger partial charge in [0.2, 0.25) is 0 Å². The van der Waals surface area contributed by atoms with Crippen molar-refractivity contribution in [3.8, 4) is 0 Å². The fraction of sp³-hybridized carbons (Fsp3) is 0.500. The van der Waals surface area contributed by atoms with E-state index in [0.29, 0.717) is 31.3 Å². The lowest BCUT2D eigenvalue weighted by Gasteiger charge is -2.24. The SMILES string of the molecule is COCCN(Cc1ccccc1Cl)CC(C)C(=O)O. The van der Waals surface area contributed by atoms with Crippen molar-refractivity contribution >= 4 is 17.6 Å². The molecular weight excluding hydrogens is 266 g/mol. The summed E-state index contributed by atoms with van der Waals surface area (Å²) in [6.45, 7) is 4.05. The Morgan fingerprint density at radius 2 is 2.16 bits per heavy atom. The van der Waals surface area contributed by atoms with Crippen LogP contribution in [0.2, 0.25) is 5.02 Å². The summed E-state index contributed by atoms with van der Waals surface area (Å²) in [6, 6.07) is 7.60. The van der Waals surface area contributed by atoms with E-state index in [0.717, 1.165) is 5.56 Å². The van der Waals surface area contributed by atoms with Crippen molar-refractivity contribution in [2.45, 2.75) is 13.5 Å². The second-order valence-electron chi connectivity index (χ2n) is 4.56. The summed E-state index contributed by atoms with van der Waals surface area (Å²) in [5.74, 6) is -1.21. The van der Waals surface area contributed by atoms with E-state index >= 15 is 0 Å². The first-order chi connectivity index (χ1) is 9.04. The van der Waals surface area contributed by atoms with Crippen molar-refractivity contribution in [3.63, 3.8) is 0 Å². The fourth-order valence-electron chi connectivity index (χ4n) is 1.79.